The fourth-order valence-electron chi connectivity index (χ4n) is 2.21. The third-order valence-electron chi connectivity index (χ3n) is 3.21. The van der Waals surface area contributed by atoms with Crippen molar-refractivity contribution in [2.24, 2.45) is 0 Å². The van der Waals surface area contributed by atoms with Crippen LogP contribution in [0, 0.1) is 12.7 Å². The maximum Gasteiger partial charge on any atom is 0.573 e. The predicted octanol–water partition coefficient (Wildman–Crippen LogP) is 3.32. The van der Waals surface area contributed by atoms with Crippen LogP contribution < -0.4 is 15.4 Å². The maximum absolute atomic E-state index is 13.8. The minimum absolute atomic E-state index is 0.148. The summed E-state index contributed by atoms with van der Waals surface area (Å²) in [5, 5.41) is 4.84. The molecule has 1 heterocycles. The van der Waals surface area contributed by atoms with Crippen LogP contribution in [0.1, 0.15) is 28.5 Å². The van der Waals surface area contributed by atoms with Gasteiger partial charge in [0.15, 0.2) is 0 Å². The Labute approximate surface area is 151 Å². The van der Waals surface area contributed by atoms with Crippen molar-refractivity contribution in [1.29, 1.82) is 0 Å². The van der Waals surface area contributed by atoms with Gasteiger partial charge in [-0.15, -0.1) is 13.2 Å². The Morgan fingerprint density at radius 1 is 1.19 bits per heavy atom. The van der Waals surface area contributed by atoms with Gasteiger partial charge in [0.05, 0.1) is 0 Å². The van der Waals surface area contributed by atoms with E-state index in [0.717, 1.165) is 18.2 Å². The second kappa shape index (κ2) is 8.02. The number of rotatable bonds is 5. The van der Waals surface area contributed by atoms with Gasteiger partial charge in [0.2, 0.25) is 5.91 Å². The molecule has 0 aliphatic heterocycles. The van der Waals surface area contributed by atoms with Gasteiger partial charge in [0.1, 0.15) is 17.4 Å². The topological polar surface area (TPSA) is 80.3 Å². The second-order valence-electron chi connectivity index (χ2n) is 5.55. The van der Waals surface area contributed by atoms with Crippen molar-refractivity contribution < 1.29 is 31.9 Å². The van der Waals surface area contributed by atoms with Crippen molar-refractivity contribution in [2.75, 3.05) is 5.32 Å². The molecule has 10 heteroatoms. The van der Waals surface area contributed by atoms with Crippen molar-refractivity contribution >= 4 is 17.6 Å². The molecule has 0 aliphatic carbocycles. The molecule has 0 fully saturated rings. The van der Waals surface area contributed by atoms with E-state index in [2.05, 4.69) is 20.4 Å². The number of hydrogen-bond donors (Lipinski definition) is 2. The first-order valence-corrected chi connectivity index (χ1v) is 7.62. The molecule has 27 heavy (non-hydrogen) atoms. The fraction of sp³-hybridized carbons (Fsp3) is 0.235. The maximum atomic E-state index is 13.8. The minimum atomic E-state index is -4.91. The lowest BCUT2D eigenvalue weighted by Crippen LogP contribution is -2.24. The van der Waals surface area contributed by atoms with Gasteiger partial charge in [0, 0.05) is 30.3 Å². The van der Waals surface area contributed by atoms with E-state index in [1.165, 1.54) is 19.1 Å². The molecule has 0 radical (unpaired) electrons. The third-order valence-corrected chi connectivity index (χ3v) is 3.21. The summed E-state index contributed by atoms with van der Waals surface area (Å²) in [6.07, 6.45) is -4.91. The number of anilines is 1. The van der Waals surface area contributed by atoms with Gasteiger partial charge in [-0.1, -0.05) is 0 Å². The number of hydrogen-bond acceptors (Lipinski definition) is 4. The Morgan fingerprint density at radius 2 is 1.89 bits per heavy atom. The number of halogens is 4. The molecular formula is C17H15F4N3O3. The molecule has 1 aromatic heterocycles. The molecule has 6 nitrogen and oxygen atoms in total. The van der Waals surface area contributed by atoms with Gasteiger partial charge in [-0.2, -0.15) is 0 Å². The lowest BCUT2D eigenvalue weighted by Gasteiger charge is -2.12. The number of nitrogens with one attached hydrogen (secondary N) is 2. The van der Waals surface area contributed by atoms with Crippen LogP contribution >= 0.6 is 0 Å². The number of amides is 2. The molecule has 0 saturated heterocycles. The molecule has 2 rings (SSSR count). The molecule has 144 valence electrons. The molecule has 0 bridgehead atoms. The first-order chi connectivity index (χ1) is 12.5. The van der Waals surface area contributed by atoms with E-state index in [0.29, 0.717) is 5.69 Å². The number of alkyl halides is 3. The predicted molar refractivity (Wildman–Crippen MR) is 87.5 cm³/mol. The Bertz CT molecular complexity index is 869. The van der Waals surface area contributed by atoms with Gasteiger partial charge in [-0.25, -0.2) is 9.37 Å². The number of aryl methyl sites for hydroxylation is 1. The number of benzene rings is 1. The number of nitrogens with zero attached hydrogens (tertiary/aromatic N) is 1. The fourth-order valence-corrected chi connectivity index (χ4v) is 2.21. The first-order valence-electron chi connectivity index (χ1n) is 7.62. The molecule has 0 aliphatic rings. The lowest BCUT2D eigenvalue weighted by atomic mass is 10.1. The Balaban J connectivity index is 2.12. The van der Waals surface area contributed by atoms with Gasteiger partial charge in [-0.3, -0.25) is 9.59 Å². The van der Waals surface area contributed by atoms with Crippen molar-refractivity contribution in [1.82, 2.24) is 10.3 Å². The summed E-state index contributed by atoms with van der Waals surface area (Å²) < 4.78 is 54.3. The van der Waals surface area contributed by atoms with E-state index in [1.54, 1.807) is 6.92 Å². The Hall–Kier alpha value is -3.17. The van der Waals surface area contributed by atoms with Crippen LogP contribution in [0.15, 0.2) is 30.3 Å². The van der Waals surface area contributed by atoms with Gasteiger partial charge < -0.3 is 15.4 Å². The highest BCUT2D eigenvalue weighted by Gasteiger charge is 2.31. The summed E-state index contributed by atoms with van der Waals surface area (Å²) in [6.45, 7) is 2.53. The van der Waals surface area contributed by atoms with Crippen LogP contribution in [0.2, 0.25) is 0 Å². The quantitative estimate of drug-likeness (QED) is 0.774. The normalized spacial score (nSPS) is 11.0. The van der Waals surface area contributed by atoms with Crippen LogP contribution in [-0.4, -0.2) is 23.2 Å². The highest BCUT2D eigenvalue weighted by Crippen LogP contribution is 2.24. The zero-order valence-electron chi connectivity index (χ0n) is 14.3. The molecule has 2 amide bonds. The first kappa shape index (κ1) is 20.1. The van der Waals surface area contributed by atoms with E-state index >= 15 is 0 Å². The van der Waals surface area contributed by atoms with Crippen molar-refractivity contribution in [3.8, 4) is 5.75 Å². The van der Waals surface area contributed by atoms with Gasteiger partial charge in [-0.05, 0) is 37.3 Å². The number of ether oxygens (including phenoxy) is 1. The molecule has 1 aromatic carbocycles. The molecule has 2 aromatic rings. The van der Waals surface area contributed by atoms with Gasteiger partial charge >= 0.3 is 6.36 Å². The van der Waals surface area contributed by atoms with Crippen molar-refractivity contribution in [3.05, 3.63) is 53.0 Å². The molecule has 0 unspecified atom stereocenters. The molecule has 0 spiro atoms. The van der Waals surface area contributed by atoms with Crippen molar-refractivity contribution in [2.45, 2.75) is 26.8 Å². The van der Waals surface area contributed by atoms with E-state index < -0.39 is 23.8 Å². The summed E-state index contributed by atoms with van der Waals surface area (Å²) >= 11 is 0. The van der Waals surface area contributed by atoms with Crippen LogP contribution in [0.4, 0.5) is 23.4 Å². The SMILES string of the molecule is CC(=O)Nc1cc(C(=O)NCc2cc(OC(F)(F)F)ccc2F)cc(C)n1. The monoisotopic (exact) mass is 385 g/mol. The zero-order valence-corrected chi connectivity index (χ0v) is 14.3. The highest BCUT2D eigenvalue weighted by atomic mass is 19.4. The van der Waals surface area contributed by atoms with Gasteiger partial charge in [0.25, 0.3) is 5.91 Å². The van der Waals surface area contributed by atoms with Crippen LogP contribution in [0.3, 0.4) is 0 Å². The molecule has 2 N–H and O–H groups in total. The zero-order chi connectivity index (χ0) is 20.2. The second-order valence-corrected chi connectivity index (χ2v) is 5.55. The number of carbonyl (C=O) groups excluding carboxylic acids is 2. The minimum Gasteiger partial charge on any atom is -0.406 e. The smallest absolute Gasteiger partial charge is 0.406 e. The Kier molecular flexibility index (Phi) is 5.98. The summed E-state index contributed by atoms with van der Waals surface area (Å²) in [5.41, 5.74) is 0.422. The van der Waals surface area contributed by atoms with Crippen molar-refractivity contribution in [3.63, 3.8) is 0 Å². The lowest BCUT2D eigenvalue weighted by molar-refractivity contribution is -0.274. The van der Waals surface area contributed by atoms with Crippen LogP contribution in [0.5, 0.6) is 5.75 Å². The summed E-state index contributed by atoms with van der Waals surface area (Å²) in [7, 11) is 0. The molecular weight excluding hydrogens is 370 g/mol. The average Bonchev–Trinajstić information content (AvgIpc) is 2.52. The molecule has 0 saturated carbocycles. The number of carbonyl (C=O) groups is 2. The summed E-state index contributed by atoms with van der Waals surface area (Å²) in [4.78, 5) is 27.4. The summed E-state index contributed by atoms with van der Waals surface area (Å²) in [6, 6.07) is 5.27. The molecule has 0 atom stereocenters. The standard InChI is InChI=1S/C17H15F4N3O3/c1-9-5-11(7-15(23-9)24-10(2)25)16(26)22-8-12-6-13(3-4-14(12)18)27-17(19,20)21/h3-7H,8H2,1-2H3,(H,22,26)(H,23,24,25). The van der Waals surface area contributed by atoms with E-state index in [4.69, 9.17) is 0 Å². The Morgan fingerprint density at radius 3 is 2.52 bits per heavy atom. The van der Waals surface area contributed by atoms with Crippen LogP contribution in [0.25, 0.3) is 0 Å². The third kappa shape index (κ3) is 6.24. The average molecular weight is 385 g/mol. The number of aromatic nitrogens is 1. The van der Waals surface area contributed by atoms with E-state index in [1.807, 2.05) is 0 Å². The largest absolute Gasteiger partial charge is 0.573 e. The van der Waals surface area contributed by atoms with E-state index in [-0.39, 0.29) is 29.4 Å². The van der Waals surface area contributed by atoms with Crippen LogP contribution in [-0.2, 0) is 11.3 Å². The highest BCUT2D eigenvalue weighted by molar-refractivity contribution is 5.96. The van der Waals surface area contributed by atoms with E-state index in [9.17, 15) is 27.2 Å². The number of pyridine rings is 1. The summed E-state index contributed by atoms with van der Waals surface area (Å²) in [5.74, 6) is -2.22.